The minimum atomic E-state index is -0.0324. The Balaban J connectivity index is 1.85. The van der Waals surface area contributed by atoms with Crippen molar-refractivity contribution in [2.45, 2.75) is 13.5 Å². The van der Waals surface area contributed by atoms with Crippen LogP contribution in [0.4, 0.5) is 0 Å². The Morgan fingerprint density at radius 3 is 2.54 bits per heavy atom. The zero-order chi connectivity index (χ0) is 17.1. The molecule has 1 aromatic heterocycles. The lowest BCUT2D eigenvalue weighted by molar-refractivity contribution is -0.119. The van der Waals surface area contributed by atoms with E-state index in [0.717, 1.165) is 28.1 Å². The molecule has 122 valence electrons. The third kappa shape index (κ3) is 3.66. The highest BCUT2D eigenvalue weighted by molar-refractivity contribution is 6.30. The molecule has 1 amide bonds. The summed E-state index contributed by atoms with van der Waals surface area (Å²) < 4.78 is 1.85. The maximum absolute atomic E-state index is 11.0. The van der Waals surface area contributed by atoms with Gasteiger partial charge in [-0.1, -0.05) is 48.0 Å². The van der Waals surface area contributed by atoms with E-state index in [1.165, 1.54) is 6.92 Å². The Kier molecular flexibility index (Phi) is 4.67. The SMILES string of the molecule is CC(=O)NCc1ccc(-c2cc(-c3cccc(Cl)c3)n(C)n2)cc1. The quantitative estimate of drug-likeness (QED) is 0.779. The summed E-state index contributed by atoms with van der Waals surface area (Å²) in [5, 5.41) is 8.09. The van der Waals surface area contributed by atoms with Crippen molar-refractivity contribution in [3.05, 3.63) is 65.2 Å². The molecule has 24 heavy (non-hydrogen) atoms. The molecule has 0 bridgehead atoms. The zero-order valence-electron chi connectivity index (χ0n) is 13.6. The number of hydrogen-bond donors (Lipinski definition) is 1. The molecule has 0 fully saturated rings. The lowest BCUT2D eigenvalue weighted by Crippen LogP contribution is -2.18. The predicted octanol–water partition coefficient (Wildman–Crippen LogP) is 4.04. The fraction of sp³-hybridized carbons (Fsp3) is 0.158. The van der Waals surface area contributed by atoms with Crippen LogP contribution in [0.5, 0.6) is 0 Å². The van der Waals surface area contributed by atoms with Crippen molar-refractivity contribution < 1.29 is 4.79 Å². The van der Waals surface area contributed by atoms with E-state index < -0.39 is 0 Å². The molecular formula is C19H18ClN3O. The first-order valence-electron chi connectivity index (χ1n) is 7.66. The van der Waals surface area contributed by atoms with Gasteiger partial charge in [-0.15, -0.1) is 0 Å². The molecular weight excluding hydrogens is 322 g/mol. The number of carbonyl (C=O) groups excluding carboxylic acids is 1. The molecule has 0 aliphatic carbocycles. The Labute approximate surface area is 146 Å². The molecule has 0 atom stereocenters. The van der Waals surface area contributed by atoms with Gasteiger partial charge in [0.15, 0.2) is 0 Å². The second-order valence-corrected chi connectivity index (χ2v) is 6.09. The minimum absolute atomic E-state index is 0.0324. The Morgan fingerprint density at radius 1 is 1.12 bits per heavy atom. The first-order chi connectivity index (χ1) is 11.5. The maximum Gasteiger partial charge on any atom is 0.217 e. The summed E-state index contributed by atoms with van der Waals surface area (Å²) in [6.45, 7) is 2.05. The fourth-order valence-corrected chi connectivity index (χ4v) is 2.74. The van der Waals surface area contributed by atoms with E-state index in [9.17, 15) is 4.79 Å². The Bertz CT molecular complexity index is 869. The average molecular weight is 340 g/mol. The lowest BCUT2D eigenvalue weighted by atomic mass is 10.1. The lowest BCUT2D eigenvalue weighted by Gasteiger charge is -2.03. The third-order valence-corrected chi connectivity index (χ3v) is 4.03. The number of nitrogens with zero attached hydrogens (tertiary/aromatic N) is 2. The predicted molar refractivity (Wildman–Crippen MR) is 96.6 cm³/mol. The van der Waals surface area contributed by atoms with Crippen LogP contribution >= 0.6 is 11.6 Å². The largest absolute Gasteiger partial charge is 0.352 e. The van der Waals surface area contributed by atoms with Gasteiger partial charge in [-0.3, -0.25) is 9.48 Å². The summed E-state index contributed by atoms with van der Waals surface area (Å²) in [5.41, 5.74) is 5.03. The van der Waals surface area contributed by atoms with Gasteiger partial charge in [0.1, 0.15) is 0 Å². The minimum Gasteiger partial charge on any atom is -0.352 e. The van der Waals surface area contributed by atoms with Gasteiger partial charge >= 0.3 is 0 Å². The number of hydrogen-bond acceptors (Lipinski definition) is 2. The number of carbonyl (C=O) groups is 1. The topological polar surface area (TPSA) is 46.9 Å². The van der Waals surface area contributed by atoms with Crippen LogP contribution in [-0.2, 0) is 18.4 Å². The molecule has 2 aromatic carbocycles. The molecule has 3 rings (SSSR count). The molecule has 0 aliphatic rings. The fourth-order valence-electron chi connectivity index (χ4n) is 2.55. The summed E-state index contributed by atoms with van der Waals surface area (Å²) in [7, 11) is 1.92. The van der Waals surface area contributed by atoms with E-state index in [0.29, 0.717) is 11.6 Å². The number of aryl methyl sites for hydroxylation is 1. The van der Waals surface area contributed by atoms with Gasteiger partial charge in [-0.2, -0.15) is 5.10 Å². The van der Waals surface area contributed by atoms with E-state index in [4.69, 9.17) is 11.6 Å². The van der Waals surface area contributed by atoms with Crippen molar-refractivity contribution in [3.63, 3.8) is 0 Å². The molecule has 0 aliphatic heterocycles. The smallest absolute Gasteiger partial charge is 0.217 e. The van der Waals surface area contributed by atoms with Crippen LogP contribution in [0.1, 0.15) is 12.5 Å². The van der Waals surface area contributed by atoms with Crippen LogP contribution in [-0.4, -0.2) is 15.7 Å². The Morgan fingerprint density at radius 2 is 1.88 bits per heavy atom. The van der Waals surface area contributed by atoms with Crippen LogP contribution in [0.3, 0.4) is 0 Å². The third-order valence-electron chi connectivity index (χ3n) is 3.79. The standard InChI is InChI=1S/C19H18ClN3O/c1-13(24)21-12-14-6-8-15(9-7-14)18-11-19(23(2)22-18)16-4-3-5-17(20)10-16/h3-11H,12H2,1-2H3,(H,21,24). The van der Waals surface area contributed by atoms with Gasteiger partial charge in [0.25, 0.3) is 0 Å². The van der Waals surface area contributed by atoms with Gasteiger partial charge in [0, 0.05) is 36.7 Å². The molecule has 1 heterocycles. The summed E-state index contributed by atoms with van der Waals surface area (Å²) >= 11 is 6.08. The monoisotopic (exact) mass is 339 g/mol. The maximum atomic E-state index is 11.0. The van der Waals surface area contributed by atoms with Gasteiger partial charge in [0.2, 0.25) is 5.91 Å². The second kappa shape index (κ2) is 6.89. The van der Waals surface area contributed by atoms with E-state index >= 15 is 0 Å². The highest BCUT2D eigenvalue weighted by Gasteiger charge is 2.09. The van der Waals surface area contributed by atoms with Crippen molar-refractivity contribution in [2.75, 3.05) is 0 Å². The van der Waals surface area contributed by atoms with Crippen LogP contribution in [0.15, 0.2) is 54.6 Å². The van der Waals surface area contributed by atoms with E-state index in [-0.39, 0.29) is 5.91 Å². The first kappa shape index (κ1) is 16.3. The number of halogens is 1. The number of amides is 1. The zero-order valence-corrected chi connectivity index (χ0v) is 14.3. The molecule has 4 nitrogen and oxygen atoms in total. The molecule has 0 spiro atoms. The molecule has 0 unspecified atom stereocenters. The van der Waals surface area contributed by atoms with Crippen molar-refractivity contribution in [3.8, 4) is 22.5 Å². The van der Waals surface area contributed by atoms with Gasteiger partial charge in [0.05, 0.1) is 11.4 Å². The van der Waals surface area contributed by atoms with Gasteiger partial charge in [-0.05, 0) is 23.8 Å². The van der Waals surface area contributed by atoms with Crippen molar-refractivity contribution in [1.29, 1.82) is 0 Å². The van der Waals surface area contributed by atoms with Crippen LogP contribution in [0.2, 0.25) is 5.02 Å². The average Bonchev–Trinajstić information content (AvgIpc) is 2.95. The molecule has 0 saturated heterocycles. The number of aromatic nitrogens is 2. The molecule has 0 radical (unpaired) electrons. The van der Waals surface area contributed by atoms with Crippen molar-refractivity contribution in [2.24, 2.45) is 7.05 Å². The van der Waals surface area contributed by atoms with Crippen molar-refractivity contribution >= 4 is 17.5 Å². The highest BCUT2D eigenvalue weighted by Crippen LogP contribution is 2.27. The molecule has 5 heteroatoms. The van der Waals surface area contributed by atoms with Crippen LogP contribution in [0, 0.1) is 0 Å². The summed E-state index contributed by atoms with van der Waals surface area (Å²) in [6.07, 6.45) is 0. The van der Waals surface area contributed by atoms with E-state index in [2.05, 4.69) is 16.5 Å². The van der Waals surface area contributed by atoms with Crippen LogP contribution in [0.25, 0.3) is 22.5 Å². The molecule has 0 saturated carbocycles. The van der Waals surface area contributed by atoms with E-state index in [1.807, 2.05) is 60.3 Å². The number of benzene rings is 2. The van der Waals surface area contributed by atoms with Crippen molar-refractivity contribution in [1.82, 2.24) is 15.1 Å². The number of rotatable bonds is 4. The van der Waals surface area contributed by atoms with Crippen LogP contribution < -0.4 is 5.32 Å². The summed E-state index contributed by atoms with van der Waals surface area (Å²) in [4.78, 5) is 11.0. The Hall–Kier alpha value is -2.59. The summed E-state index contributed by atoms with van der Waals surface area (Å²) in [5.74, 6) is -0.0324. The normalized spacial score (nSPS) is 10.6. The molecule has 1 N–H and O–H groups in total. The van der Waals surface area contributed by atoms with E-state index in [1.54, 1.807) is 0 Å². The van der Waals surface area contributed by atoms with Gasteiger partial charge in [-0.25, -0.2) is 0 Å². The molecule has 3 aromatic rings. The highest BCUT2D eigenvalue weighted by atomic mass is 35.5. The first-order valence-corrected chi connectivity index (χ1v) is 8.04. The summed E-state index contributed by atoms with van der Waals surface area (Å²) in [6, 6.07) is 17.8. The second-order valence-electron chi connectivity index (χ2n) is 5.66. The van der Waals surface area contributed by atoms with Gasteiger partial charge < -0.3 is 5.32 Å². The number of nitrogens with one attached hydrogen (secondary N) is 1.